The molecule has 1 aliphatic heterocycles. The first-order chi connectivity index (χ1) is 19.6. The zero-order valence-electron chi connectivity index (χ0n) is 21.9. The van der Waals surface area contributed by atoms with Gasteiger partial charge in [-0.1, -0.05) is 97.1 Å². The van der Waals surface area contributed by atoms with Gasteiger partial charge in [-0.05, 0) is 29.2 Å². The van der Waals surface area contributed by atoms with Crippen molar-refractivity contribution in [3.63, 3.8) is 0 Å². The van der Waals surface area contributed by atoms with Gasteiger partial charge < -0.3 is 9.47 Å². The van der Waals surface area contributed by atoms with E-state index < -0.39 is 22.8 Å². The molecule has 0 unspecified atom stereocenters. The van der Waals surface area contributed by atoms with E-state index in [1.807, 2.05) is 54.6 Å². The lowest BCUT2D eigenvalue weighted by molar-refractivity contribution is -0.0256. The molecule has 4 aromatic carbocycles. The van der Waals surface area contributed by atoms with Crippen LogP contribution in [0.3, 0.4) is 0 Å². The Kier molecular flexibility index (Phi) is 7.24. The molecule has 5 nitrogen and oxygen atoms in total. The molecule has 1 fully saturated rings. The Labute approximate surface area is 232 Å². The average molecular weight is 538 g/mol. The van der Waals surface area contributed by atoms with Crippen molar-refractivity contribution in [3.8, 4) is 0 Å². The Morgan fingerprint density at radius 2 is 1.45 bits per heavy atom. The van der Waals surface area contributed by atoms with Crippen LogP contribution in [-0.2, 0) is 27.2 Å². The van der Waals surface area contributed by atoms with Crippen molar-refractivity contribution in [2.75, 3.05) is 13.2 Å². The van der Waals surface area contributed by atoms with Gasteiger partial charge in [0, 0.05) is 17.5 Å². The normalized spacial score (nSPS) is 19.1. The third-order valence-corrected chi connectivity index (χ3v) is 7.60. The maximum absolute atomic E-state index is 15.1. The lowest BCUT2D eigenvalue weighted by Crippen LogP contribution is -2.35. The smallest absolute Gasteiger partial charge is 0.143 e. The number of benzene rings is 4. The van der Waals surface area contributed by atoms with E-state index in [0.717, 1.165) is 22.8 Å². The maximum Gasteiger partial charge on any atom is 0.143 e. The number of hydrogen-bond acceptors (Lipinski definition) is 4. The van der Waals surface area contributed by atoms with Crippen molar-refractivity contribution in [1.82, 2.24) is 14.8 Å². The number of rotatable bonds is 9. The van der Waals surface area contributed by atoms with Crippen LogP contribution in [-0.4, -0.2) is 28.0 Å². The first kappa shape index (κ1) is 26.0. The Bertz CT molecular complexity index is 1440. The summed E-state index contributed by atoms with van der Waals surface area (Å²) < 4.78 is 44.0. The van der Waals surface area contributed by atoms with Crippen LogP contribution >= 0.6 is 0 Å². The number of ether oxygens (including phenoxy) is 2. The van der Waals surface area contributed by atoms with Gasteiger partial charge in [-0.3, -0.25) is 0 Å². The monoisotopic (exact) mass is 537 g/mol. The van der Waals surface area contributed by atoms with Crippen molar-refractivity contribution >= 4 is 0 Å². The molecule has 0 N–H and O–H groups in total. The van der Waals surface area contributed by atoms with E-state index >= 15 is 4.39 Å². The third-order valence-electron chi connectivity index (χ3n) is 7.60. The average Bonchev–Trinajstić information content (AvgIpc) is 3.66. The quantitative estimate of drug-likeness (QED) is 0.202. The van der Waals surface area contributed by atoms with Gasteiger partial charge in [0.05, 0.1) is 19.8 Å². The number of aromatic nitrogens is 3. The van der Waals surface area contributed by atoms with Gasteiger partial charge in [-0.25, -0.2) is 18.4 Å². The molecular weight excluding hydrogens is 508 g/mol. The summed E-state index contributed by atoms with van der Waals surface area (Å²) in [6.45, 7) is 0.938. The van der Waals surface area contributed by atoms with E-state index in [9.17, 15) is 4.39 Å². The number of hydrogen-bond donors (Lipinski definition) is 0. The molecule has 0 radical (unpaired) electrons. The minimum atomic E-state index is -1.05. The molecule has 2 atom stereocenters. The molecule has 0 saturated carbocycles. The highest BCUT2D eigenvalue weighted by Crippen LogP contribution is 2.45. The molecule has 40 heavy (non-hydrogen) atoms. The van der Waals surface area contributed by atoms with E-state index in [1.165, 1.54) is 18.5 Å². The van der Waals surface area contributed by atoms with Gasteiger partial charge in [0.15, 0.2) is 0 Å². The van der Waals surface area contributed by atoms with E-state index in [-0.39, 0.29) is 12.5 Å². The summed E-state index contributed by atoms with van der Waals surface area (Å²) >= 11 is 0. The minimum absolute atomic E-state index is 0.0662. The highest BCUT2D eigenvalue weighted by molar-refractivity contribution is 5.47. The second kappa shape index (κ2) is 11.1. The summed E-state index contributed by atoms with van der Waals surface area (Å²) in [5.41, 5.74) is 1.39. The first-order valence-corrected chi connectivity index (χ1v) is 13.3. The van der Waals surface area contributed by atoms with Gasteiger partial charge in [0.1, 0.15) is 35.5 Å². The third kappa shape index (κ3) is 4.94. The van der Waals surface area contributed by atoms with Gasteiger partial charge in [0.25, 0.3) is 0 Å². The van der Waals surface area contributed by atoms with Crippen LogP contribution in [0.25, 0.3) is 0 Å². The molecule has 0 aliphatic carbocycles. The Morgan fingerprint density at radius 3 is 1.98 bits per heavy atom. The lowest BCUT2D eigenvalue weighted by Gasteiger charge is -2.37. The zero-order chi connectivity index (χ0) is 27.4. The van der Waals surface area contributed by atoms with Crippen LogP contribution in [0.15, 0.2) is 122 Å². The maximum atomic E-state index is 15.1. The molecule has 2 heterocycles. The summed E-state index contributed by atoms with van der Waals surface area (Å²) in [7, 11) is 0. The van der Waals surface area contributed by atoms with Gasteiger partial charge in [0.2, 0.25) is 0 Å². The molecule has 0 bridgehead atoms. The van der Waals surface area contributed by atoms with Crippen molar-refractivity contribution in [1.29, 1.82) is 0 Å². The van der Waals surface area contributed by atoms with Crippen molar-refractivity contribution in [2.45, 2.75) is 24.2 Å². The Morgan fingerprint density at radius 1 is 0.850 bits per heavy atom. The highest BCUT2D eigenvalue weighted by atomic mass is 19.1. The van der Waals surface area contributed by atoms with Crippen LogP contribution in [0.2, 0.25) is 0 Å². The summed E-state index contributed by atoms with van der Waals surface area (Å²) in [6.07, 6.45) is 3.46. The number of halogens is 2. The second-order valence-corrected chi connectivity index (χ2v) is 10.2. The summed E-state index contributed by atoms with van der Waals surface area (Å²) in [5.74, 6) is -1.34. The minimum Gasteiger partial charge on any atom is -0.368 e. The topological polar surface area (TPSA) is 49.2 Å². The Balaban J connectivity index is 1.36. The molecule has 1 aromatic heterocycles. The molecule has 202 valence electrons. The predicted octanol–water partition coefficient (Wildman–Crippen LogP) is 6.50. The fourth-order valence-corrected chi connectivity index (χ4v) is 5.80. The highest BCUT2D eigenvalue weighted by Gasteiger charge is 2.46. The second-order valence-electron chi connectivity index (χ2n) is 10.2. The van der Waals surface area contributed by atoms with Crippen LogP contribution < -0.4 is 0 Å². The molecule has 6 rings (SSSR count). The first-order valence-electron chi connectivity index (χ1n) is 13.3. The molecule has 7 heteroatoms. The summed E-state index contributed by atoms with van der Waals surface area (Å²) in [5, 5.41) is 4.22. The molecule has 1 aliphatic rings. The summed E-state index contributed by atoms with van der Waals surface area (Å²) in [4.78, 5) is 4.03. The lowest BCUT2D eigenvalue weighted by atomic mass is 9.80. The standard InChI is InChI=1S/C33H29F2N3O2/c34-29-16-17-30(31(35)18-29)32(22-38-24-36-23-37-38)19-25(20-39-32)21-40-33(26-10-4-1-5-11-26,27-12-6-2-7-13-27)28-14-8-3-9-15-28/h1-18,23-25H,19-22H2/t25-,32-/m1/s1. The number of nitrogens with zero attached hydrogens (tertiary/aromatic N) is 3. The van der Waals surface area contributed by atoms with Crippen LogP contribution in [0.1, 0.15) is 28.7 Å². The zero-order valence-corrected chi connectivity index (χ0v) is 21.9. The molecule has 5 aromatic rings. The summed E-state index contributed by atoms with van der Waals surface area (Å²) in [6, 6.07) is 34.1. The Hall–Kier alpha value is -4.20. The molecule has 1 saturated heterocycles. The van der Waals surface area contributed by atoms with Gasteiger partial charge in [-0.2, -0.15) is 5.10 Å². The van der Waals surface area contributed by atoms with E-state index in [1.54, 1.807) is 11.0 Å². The van der Waals surface area contributed by atoms with Crippen molar-refractivity contribution in [3.05, 3.63) is 156 Å². The SMILES string of the molecule is Fc1ccc([C@]2(Cn3cncn3)C[C@@H](COC(c3ccccc3)(c3ccccc3)c3ccccc3)CO2)c(F)c1. The van der Waals surface area contributed by atoms with Crippen LogP contribution in [0.4, 0.5) is 8.78 Å². The van der Waals surface area contributed by atoms with Crippen molar-refractivity contribution < 1.29 is 18.3 Å². The fraction of sp³-hybridized carbons (Fsp3) is 0.212. The van der Waals surface area contributed by atoms with E-state index in [2.05, 4.69) is 46.5 Å². The predicted molar refractivity (Wildman–Crippen MR) is 147 cm³/mol. The van der Waals surface area contributed by atoms with E-state index in [0.29, 0.717) is 25.2 Å². The van der Waals surface area contributed by atoms with Crippen molar-refractivity contribution in [2.24, 2.45) is 5.92 Å². The molecular formula is C33H29F2N3O2. The molecule has 0 amide bonds. The van der Waals surface area contributed by atoms with Gasteiger partial charge in [-0.15, -0.1) is 0 Å². The fourth-order valence-electron chi connectivity index (χ4n) is 5.80. The van der Waals surface area contributed by atoms with Gasteiger partial charge >= 0.3 is 0 Å². The van der Waals surface area contributed by atoms with Crippen LogP contribution in [0, 0.1) is 17.6 Å². The van der Waals surface area contributed by atoms with E-state index in [4.69, 9.17) is 9.47 Å². The largest absolute Gasteiger partial charge is 0.368 e. The van der Waals surface area contributed by atoms with Crippen LogP contribution in [0.5, 0.6) is 0 Å². The molecule has 0 spiro atoms.